The molecule has 0 atom stereocenters. The average Bonchev–Trinajstić information content (AvgIpc) is 2.99. The van der Waals surface area contributed by atoms with Crippen molar-refractivity contribution in [3.05, 3.63) is 40.4 Å². The van der Waals surface area contributed by atoms with Gasteiger partial charge in [-0.3, -0.25) is 0 Å². The zero-order valence-electron chi connectivity index (χ0n) is 10.5. The Kier molecular flexibility index (Phi) is 3.44. The van der Waals surface area contributed by atoms with Crippen LogP contribution in [0.25, 0.3) is 0 Å². The quantitative estimate of drug-likeness (QED) is 0.937. The minimum atomic E-state index is 0.298. The van der Waals surface area contributed by atoms with Gasteiger partial charge in [0, 0.05) is 30.5 Å². The van der Waals surface area contributed by atoms with E-state index >= 15 is 0 Å². The highest BCUT2D eigenvalue weighted by molar-refractivity contribution is 9.10. The van der Waals surface area contributed by atoms with Crippen molar-refractivity contribution in [2.45, 2.75) is 13.1 Å². The third-order valence-electron chi connectivity index (χ3n) is 3.06. The zero-order chi connectivity index (χ0) is 13.2. The molecule has 1 aliphatic rings. The average molecular weight is 324 g/mol. The van der Waals surface area contributed by atoms with Crippen LogP contribution in [0.2, 0.25) is 0 Å². The summed E-state index contributed by atoms with van der Waals surface area (Å²) in [6.45, 7) is 1.76. The van der Waals surface area contributed by atoms with Gasteiger partial charge in [0.1, 0.15) is 5.82 Å². The molecular weight excluding hydrogens is 310 g/mol. The van der Waals surface area contributed by atoms with Crippen LogP contribution in [0.15, 0.2) is 29.0 Å². The first kappa shape index (κ1) is 12.5. The fourth-order valence-corrected chi connectivity index (χ4v) is 2.43. The van der Waals surface area contributed by atoms with E-state index in [1.807, 2.05) is 29.9 Å². The summed E-state index contributed by atoms with van der Waals surface area (Å²) in [5.41, 5.74) is 1.14. The summed E-state index contributed by atoms with van der Waals surface area (Å²) in [6, 6.07) is 3.94. The molecule has 100 valence electrons. The lowest BCUT2D eigenvalue weighted by molar-refractivity contribution is 0.174. The maximum atomic E-state index is 5.38. The standard InChI is InChI=1S/C13H14BrN3O2/c1-17-3-2-16-13(17)7-15-6-9-4-11-12(5-10(9)14)19-8-18-11/h2-5,15H,6-8H2,1H3. The van der Waals surface area contributed by atoms with Crippen molar-refractivity contribution < 1.29 is 9.47 Å². The summed E-state index contributed by atoms with van der Waals surface area (Å²) >= 11 is 3.55. The molecular formula is C13H14BrN3O2. The van der Waals surface area contributed by atoms with Gasteiger partial charge in [-0.1, -0.05) is 15.9 Å². The number of benzene rings is 1. The van der Waals surface area contributed by atoms with Gasteiger partial charge in [-0.05, 0) is 17.7 Å². The number of hydrogen-bond acceptors (Lipinski definition) is 4. The van der Waals surface area contributed by atoms with E-state index in [0.717, 1.165) is 40.4 Å². The Bertz CT molecular complexity index is 598. The van der Waals surface area contributed by atoms with Gasteiger partial charge >= 0.3 is 0 Å². The summed E-state index contributed by atoms with van der Waals surface area (Å²) < 4.78 is 13.7. The number of ether oxygens (including phenoxy) is 2. The molecule has 6 heteroatoms. The number of nitrogens with one attached hydrogen (secondary N) is 1. The molecule has 2 heterocycles. The van der Waals surface area contributed by atoms with Crippen LogP contribution in [-0.2, 0) is 20.1 Å². The van der Waals surface area contributed by atoms with Gasteiger partial charge in [0.2, 0.25) is 6.79 Å². The van der Waals surface area contributed by atoms with E-state index in [-0.39, 0.29) is 0 Å². The molecule has 2 aromatic rings. The number of aryl methyl sites for hydroxylation is 1. The number of imidazole rings is 1. The van der Waals surface area contributed by atoms with Gasteiger partial charge in [-0.2, -0.15) is 0 Å². The number of aromatic nitrogens is 2. The van der Waals surface area contributed by atoms with Crippen LogP contribution in [0.5, 0.6) is 11.5 Å². The van der Waals surface area contributed by atoms with Crippen molar-refractivity contribution in [2.24, 2.45) is 7.05 Å². The Balaban J connectivity index is 1.66. The number of hydrogen-bond donors (Lipinski definition) is 1. The van der Waals surface area contributed by atoms with Crippen LogP contribution in [-0.4, -0.2) is 16.3 Å². The molecule has 1 aromatic heterocycles. The van der Waals surface area contributed by atoms with Crippen LogP contribution in [0.3, 0.4) is 0 Å². The van der Waals surface area contributed by atoms with Crippen LogP contribution < -0.4 is 14.8 Å². The molecule has 3 rings (SSSR count). The predicted octanol–water partition coefficient (Wildman–Crippen LogP) is 2.20. The molecule has 0 amide bonds. The van der Waals surface area contributed by atoms with Gasteiger partial charge < -0.3 is 19.4 Å². The van der Waals surface area contributed by atoms with Crippen molar-refractivity contribution in [2.75, 3.05) is 6.79 Å². The maximum Gasteiger partial charge on any atom is 0.231 e. The second kappa shape index (κ2) is 5.22. The lowest BCUT2D eigenvalue weighted by atomic mass is 10.2. The molecule has 19 heavy (non-hydrogen) atoms. The number of nitrogens with zero attached hydrogens (tertiary/aromatic N) is 2. The molecule has 0 saturated carbocycles. The second-order valence-electron chi connectivity index (χ2n) is 4.35. The Morgan fingerprint density at radius 2 is 2.11 bits per heavy atom. The molecule has 0 aliphatic carbocycles. The first-order chi connectivity index (χ1) is 9.24. The Hall–Kier alpha value is -1.53. The fourth-order valence-electron chi connectivity index (χ4n) is 1.97. The van der Waals surface area contributed by atoms with Gasteiger partial charge in [0.25, 0.3) is 0 Å². The van der Waals surface area contributed by atoms with Crippen molar-refractivity contribution in [1.29, 1.82) is 0 Å². The van der Waals surface area contributed by atoms with E-state index in [1.165, 1.54) is 0 Å². The topological polar surface area (TPSA) is 48.3 Å². The molecule has 0 saturated heterocycles. The molecule has 0 spiro atoms. The van der Waals surface area contributed by atoms with Crippen LogP contribution in [0, 0.1) is 0 Å². The second-order valence-corrected chi connectivity index (χ2v) is 5.21. The first-order valence-corrected chi connectivity index (χ1v) is 6.78. The molecule has 0 bridgehead atoms. The molecule has 0 radical (unpaired) electrons. The molecule has 0 fully saturated rings. The van der Waals surface area contributed by atoms with E-state index in [4.69, 9.17) is 9.47 Å². The smallest absolute Gasteiger partial charge is 0.231 e. The van der Waals surface area contributed by atoms with Crippen LogP contribution in [0.1, 0.15) is 11.4 Å². The largest absolute Gasteiger partial charge is 0.454 e. The van der Waals surface area contributed by atoms with Crippen LogP contribution in [0.4, 0.5) is 0 Å². The summed E-state index contributed by atoms with van der Waals surface area (Å²) in [4.78, 5) is 4.27. The Morgan fingerprint density at radius 3 is 2.84 bits per heavy atom. The third kappa shape index (κ3) is 2.59. The maximum absolute atomic E-state index is 5.38. The van der Waals surface area contributed by atoms with E-state index in [2.05, 4.69) is 26.2 Å². The summed E-state index contributed by atoms with van der Waals surface area (Å²) in [6.07, 6.45) is 3.74. The minimum absolute atomic E-state index is 0.298. The summed E-state index contributed by atoms with van der Waals surface area (Å²) in [7, 11) is 1.99. The highest BCUT2D eigenvalue weighted by Gasteiger charge is 2.16. The third-order valence-corrected chi connectivity index (χ3v) is 3.80. The summed E-state index contributed by atoms with van der Waals surface area (Å²) in [5, 5.41) is 3.37. The molecule has 0 unspecified atom stereocenters. The molecule has 1 N–H and O–H groups in total. The van der Waals surface area contributed by atoms with Gasteiger partial charge in [0.15, 0.2) is 11.5 Å². The summed E-state index contributed by atoms with van der Waals surface area (Å²) in [5.74, 6) is 2.61. The monoisotopic (exact) mass is 323 g/mol. The van der Waals surface area contributed by atoms with Gasteiger partial charge in [-0.25, -0.2) is 4.98 Å². The normalized spacial score (nSPS) is 12.9. The minimum Gasteiger partial charge on any atom is -0.454 e. The number of halogens is 1. The Morgan fingerprint density at radius 1 is 1.32 bits per heavy atom. The predicted molar refractivity (Wildman–Crippen MR) is 74.0 cm³/mol. The SMILES string of the molecule is Cn1ccnc1CNCc1cc2c(cc1Br)OCO2. The van der Waals surface area contributed by atoms with E-state index in [1.54, 1.807) is 6.20 Å². The lowest BCUT2D eigenvalue weighted by Gasteiger charge is -2.08. The van der Waals surface area contributed by atoms with Crippen molar-refractivity contribution in [3.63, 3.8) is 0 Å². The highest BCUT2D eigenvalue weighted by Crippen LogP contribution is 2.36. The van der Waals surface area contributed by atoms with E-state index < -0.39 is 0 Å². The van der Waals surface area contributed by atoms with E-state index in [9.17, 15) is 0 Å². The molecule has 1 aromatic carbocycles. The Labute approximate surface area is 119 Å². The fraction of sp³-hybridized carbons (Fsp3) is 0.308. The molecule has 5 nitrogen and oxygen atoms in total. The van der Waals surface area contributed by atoms with Crippen molar-refractivity contribution >= 4 is 15.9 Å². The van der Waals surface area contributed by atoms with Crippen molar-refractivity contribution in [1.82, 2.24) is 14.9 Å². The van der Waals surface area contributed by atoms with Crippen molar-refractivity contribution in [3.8, 4) is 11.5 Å². The zero-order valence-corrected chi connectivity index (χ0v) is 12.1. The van der Waals surface area contributed by atoms with Gasteiger partial charge in [0.05, 0.1) is 6.54 Å². The number of rotatable bonds is 4. The highest BCUT2D eigenvalue weighted by atomic mass is 79.9. The van der Waals surface area contributed by atoms with Gasteiger partial charge in [-0.15, -0.1) is 0 Å². The lowest BCUT2D eigenvalue weighted by Crippen LogP contribution is -2.16. The number of fused-ring (bicyclic) bond motifs is 1. The van der Waals surface area contributed by atoms with Crippen LogP contribution >= 0.6 is 15.9 Å². The molecule has 1 aliphatic heterocycles. The van der Waals surface area contributed by atoms with E-state index in [0.29, 0.717) is 6.79 Å². The first-order valence-electron chi connectivity index (χ1n) is 5.99.